The maximum atomic E-state index is 12.1. The van der Waals surface area contributed by atoms with Crippen molar-refractivity contribution in [1.29, 1.82) is 0 Å². The van der Waals surface area contributed by atoms with Crippen LogP contribution in [0.25, 0.3) is 0 Å². The smallest absolute Gasteiger partial charge is 0.313 e. The maximum Gasteiger partial charge on any atom is 0.313 e. The van der Waals surface area contributed by atoms with Crippen molar-refractivity contribution in [3.05, 3.63) is 0 Å². The Balaban J connectivity index is 1.79. The van der Waals surface area contributed by atoms with Crippen LogP contribution in [0.4, 0.5) is 0 Å². The molecule has 6 atom stereocenters. The number of hydrogen-bond acceptors (Lipinski definition) is 7. The van der Waals surface area contributed by atoms with E-state index in [-0.39, 0.29) is 28.8 Å². The molecule has 0 radical (unpaired) electrons. The van der Waals surface area contributed by atoms with Crippen LogP contribution in [-0.2, 0) is 19.6 Å². The highest BCUT2D eigenvalue weighted by molar-refractivity contribution is 8.00. The second kappa shape index (κ2) is 5.11. The van der Waals surface area contributed by atoms with Crippen molar-refractivity contribution in [2.75, 3.05) is 11.5 Å². The molecule has 6 nitrogen and oxygen atoms in total. The third kappa shape index (κ3) is 2.50. The standard InChI is InChI=1S/C13H20O6S2/c1-7-6-8-2-3-9-13(8,15)10(12(14)19-9)11(7)20-4-5-21(16,17)18/h7-11,15H,2-6H2,1H3,(H,16,17,18)/p-1/t7-,8+,9+,10?,11+,13+/m0/s1. The molecule has 1 unspecified atom stereocenters. The summed E-state index contributed by atoms with van der Waals surface area (Å²) in [5, 5.41) is 10.8. The molecule has 0 aromatic rings. The number of hydrogen-bond donors (Lipinski definition) is 1. The number of carbonyl (C=O) groups excluding carboxylic acids is 1. The lowest BCUT2D eigenvalue weighted by Crippen LogP contribution is -2.55. The van der Waals surface area contributed by atoms with E-state index in [1.165, 1.54) is 11.8 Å². The zero-order valence-corrected chi connectivity index (χ0v) is 13.4. The number of esters is 1. The topological polar surface area (TPSA) is 104 Å². The van der Waals surface area contributed by atoms with Gasteiger partial charge in [-0.25, -0.2) is 8.42 Å². The normalized spacial score (nSPS) is 45.5. The van der Waals surface area contributed by atoms with Gasteiger partial charge in [0, 0.05) is 16.8 Å². The van der Waals surface area contributed by atoms with Gasteiger partial charge >= 0.3 is 5.97 Å². The Morgan fingerprint density at radius 3 is 2.86 bits per heavy atom. The quantitative estimate of drug-likeness (QED) is 0.584. The van der Waals surface area contributed by atoms with Gasteiger partial charge in [-0.1, -0.05) is 6.92 Å². The van der Waals surface area contributed by atoms with E-state index in [9.17, 15) is 22.9 Å². The molecular weight excluding hydrogens is 316 g/mol. The lowest BCUT2D eigenvalue weighted by molar-refractivity contribution is -0.145. The van der Waals surface area contributed by atoms with Crippen molar-refractivity contribution >= 4 is 27.8 Å². The molecule has 0 bridgehead atoms. The molecular formula is C13H19O6S2-. The van der Waals surface area contributed by atoms with Crippen LogP contribution in [0.5, 0.6) is 0 Å². The Morgan fingerprint density at radius 1 is 1.48 bits per heavy atom. The first-order chi connectivity index (χ1) is 9.73. The number of ether oxygens (including phenoxy) is 1. The number of carbonyl (C=O) groups is 1. The predicted octanol–water partition coefficient (Wildman–Crippen LogP) is 0.356. The summed E-state index contributed by atoms with van der Waals surface area (Å²) in [6.07, 6.45) is 1.95. The maximum absolute atomic E-state index is 12.1. The minimum Gasteiger partial charge on any atom is -0.748 e. The van der Waals surface area contributed by atoms with E-state index in [0.717, 1.165) is 12.8 Å². The van der Waals surface area contributed by atoms with E-state index < -0.39 is 33.5 Å². The number of rotatable bonds is 4. The molecule has 3 fully saturated rings. The van der Waals surface area contributed by atoms with Crippen LogP contribution in [-0.4, -0.2) is 52.5 Å². The molecule has 21 heavy (non-hydrogen) atoms. The zero-order chi connectivity index (χ0) is 15.4. The van der Waals surface area contributed by atoms with E-state index in [1.54, 1.807) is 0 Å². The lowest BCUT2D eigenvalue weighted by atomic mass is 9.66. The van der Waals surface area contributed by atoms with Crippen LogP contribution in [0, 0.1) is 17.8 Å². The zero-order valence-electron chi connectivity index (χ0n) is 11.7. The summed E-state index contributed by atoms with van der Waals surface area (Å²) in [5.74, 6) is -1.01. The molecule has 3 rings (SSSR count). The molecule has 1 aliphatic heterocycles. The molecule has 1 N–H and O–H groups in total. The molecule has 1 saturated heterocycles. The monoisotopic (exact) mass is 335 g/mol. The Morgan fingerprint density at radius 2 is 2.19 bits per heavy atom. The van der Waals surface area contributed by atoms with E-state index in [4.69, 9.17) is 4.74 Å². The number of aliphatic hydroxyl groups is 1. The summed E-state index contributed by atoms with van der Waals surface area (Å²) in [6.45, 7) is 2.02. The highest BCUT2D eigenvalue weighted by atomic mass is 32.2. The third-order valence-electron chi connectivity index (χ3n) is 5.15. The lowest BCUT2D eigenvalue weighted by Gasteiger charge is -2.44. The van der Waals surface area contributed by atoms with Crippen molar-refractivity contribution < 1.29 is 27.6 Å². The van der Waals surface area contributed by atoms with Gasteiger partial charge in [0.25, 0.3) is 0 Å². The largest absolute Gasteiger partial charge is 0.748 e. The van der Waals surface area contributed by atoms with Gasteiger partial charge in [-0.15, -0.1) is 0 Å². The fourth-order valence-corrected chi connectivity index (χ4v) is 6.68. The summed E-state index contributed by atoms with van der Waals surface area (Å²) in [6, 6.07) is 0. The van der Waals surface area contributed by atoms with Crippen molar-refractivity contribution in [2.45, 2.75) is 43.1 Å². The molecule has 8 heteroatoms. The van der Waals surface area contributed by atoms with Gasteiger partial charge in [-0.2, -0.15) is 11.8 Å². The van der Waals surface area contributed by atoms with Crippen molar-refractivity contribution in [1.82, 2.24) is 0 Å². The molecule has 0 aromatic heterocycles. The van der Waals surface area contributed by atoms with Gasteiger partial charge in [0.1, 0.15) is 17.6 Å². The first-order valence-electron chi connectivity index (χ1n) is 7.21. The Labute approximate surface area is 128 Å². The van der Waals surface area contributed by atoms with E-state index in [1.807, 2.05) is 6.92 Å². The van der Waals surface area contributed by atoms with E-state index in [0.29, 0.717) is 6.42 Å². The predicted molar refractivity (Wildman–Crippen MR) is 75.6 cm³/mol. The second-order valence-corrected chi connectivity index (χ2v) is 9.18. The van der Waals surface area contributed by atoms with E-state index >= 15 is 0 Å². The van der Waals surface area contributed by atoms with Crippen molar-refractivity contribution in [3.8, 4) is 0 Å². The fourth-order valence-electron chi connectivity index (χ4n) is 4.25. The van der Waals surface area contributed by atoms with Crippen LogP contribution in [0.2, 0.25) is 0 Å². The van der Waals surface area contributed by atoms with Gasteiger partial charge in [0.15, 0.2) is 0 Å². The van der Waals surface area contributed by atoms with Crippen molar-refractivity contribution in [3.63, 3.8) is 0 Å². The molecule has 120 valence electrons. The average molecular weight is 335 g/mol. The van der Waals surface area contributed by atoms with Gasteiger partial charge in [-0.05, 0) is 31.1 Å². The number of thioether (sulfide) groups is 1. The Hall–Kier alpha value is -0.310. The molecule has 1 heterocycles. The van der Waals surface area contributed by atoms with Crippen LogP contribution in [0.3, 0.4) is 0 Å². The average Bonchev–Trinajstić information content (AvgIpc) is 2.78. The minimum atomic E-state index is -4.25. The SMILES string of the molecule is C[C@H]1C[C@H]2CC[C@H]3OC(=O)C([C@@H]1SCCS(=O)(=O)[O-])[C@@]23O. The summed E-state index contributed by atoms with van der Waals surface area (Å²) < 4.78 is 37.5. The molecule has 0 amide bonds. The summed E-state index contributed by atoms with van der Waals surface area (Å²) >= 11 is 1.30. The van der Waals surface area contributed by atoms with Gasteiger partial charge in [-0.3, -0.25) is 4.79 Å². The fraction of sp³-hybridized carbons (Fsp3) is 0.923. The van der Waals surface area contributed by atoms with Crippen LogP contribution < -0.4 is 0 Å². The van der Waals surface area contributed by atoms with Gasteiger partial charge in [0.2, 0.25) is 0 Å². The molecule has 0 aromatic carbocycles. The molecule has 0 spiro atoms. The highest BCUT2D eigenvalue weighted by Crippen LogP contribution is 2.57. The Bertz CT molecular complexity index is 547. The summed E-state index contributed by atoms with van der Waals surface area (Å²) in [4.78, 5) is 12.1. The minimum absolute atomic E-state index is 0.0778. The first-order valence-corrected chi connectivity index (χ1v) is 9.84. The van der Waals surface area contributed by atoms with E-state index in [2.05, 4.69) is 0 Å². The summed E-state index contributed by atoms with van der Waals surface area (Å²) in [5.41, 5.74) is -1.10. The van der Waals surface area contributed by atoms with Gasteiger partial charge < -0.3 is 14.4 Å². The molecule has 2 saturated carbocycles. The molecule has 3 aliphatic rings. The summed E-state index contributed by atoms with van der Waals surface area (Å²) in [7, 11) is -4.25. The first kappa shape index (κ1) is 15.6. The molecule has 2 aliphatic carbocycles. The van der Waals surface area contributed by atoms with Crippen LogP contribution in [0.15, 0.2) is 0 Å². The Kier molecular flexibility index (Phi) is 3.79. The van der Waals surface area contributed by atoms with Gasteiger partial charge in [0.05, 0.1) is 10.1 Å². The van der Waals surface area contributed by atoms with Crippen LogP contribution >= 0.6 is 11.8 Å². The van der Waals surface area contributed by atoms with Crippen LogP contribution in [0.1, 0.15) is 26.2 Å². The highest BCUT2D eigenvalue weighted by Gasteiger charge is 2.68. The third-order valence-corrected chi connectivity index (χ3v) is 7.67. The second-order valence-electron chi connectivity index (χ2n) is 6.37. The van der Waals surface area contributed by atoms with Crippen molar-refractivity contribution in [2.24, 2.45) is 17.8 Å².